The lowest BCUT2D eigenvalue weighted by molar-refractivity contribution is 0.0729. The number of carbonyl (C=O) groups is 2. The number of nitrogens with one attached hydrogen (secondary N) is 2. The third kappa shape index (κ3) is 5.64. The molecule has 0 bridgehead atoms. The van der Waals surface area contributed by atoms with E-state index in [1.54, 1.807) is 48.5 Å². The minimum absolute atomic E-state index is 0.259. The zero-order valence-electron chi connectivity index (χ0n) is 21.5. The lowest BCUT2D eigenvalue weighted by Gasteiger charge is -2.10. The van der Waals surface area contributed by atoms with Crippen molar-refractivity contribution < 1.29 is 19.1 Å². The first-order chi connectivity index (χ1) is 19.4. The summed E-state index contributed by atoms with van der Waals surface area (Å²) in [7, 11) is 1.48. The summed E-state index contributed by atoms with van der Waals surface area (Å²) in [5.41, 5.74) is 7.27. The van der Waals surface area contributed by atoms with Crippen LogP contribution < -0.4 is 14.9 Å². The number of para-hydroxylation sites is 1. The van der Waals surface area contributed by atoms with Crippen molar-refractivity contribution in [2.45, 2.75) is 6.92 Å². The van der Waals surface area contributed by atoms with Gasteiger partial charge in [0, 0.05) is 31.5 Å². The van der Waals surface area contributed by atoms with E-state index in [1.807, 2.05) is 43.3 Å². The Labute approximate surface area is 243 Å². The van der Waals surface area contributed by atoms with E-state index in [0.29, 0.717) is 33.2 Å². The van der Waals surface area contributed by atoms with E-state index in [2.05, 4.69) is 31.4 Å². The number of esters is 1. The van der Waals surface area contributed by atoms with Crippen molar-refractivity contribution in [1.29, 1.82) is 0 Å². The van der Waals surface area contributed by atoms with Gasteiger partial charge in [0.1, 0.15) is 5.69 Å². The number of nitrogens with zero attached hydrogens (tertiary/aromatic N) is 1. The number of carbonyl (C=O) groups excluding carboxylic acids is 2. The molecule has 5 rings (SSSR count). The highest BCUT2D eigenvalue weighted by Gasteiger charge is 2.21. The third-order valence-electron chi connectivity index (χ3n) is 6.26. The van der Waals surface area contributed by atoms with Crippen LogP contribution in [0, 0.1) is 6.92 Å². The smallest absolute Gasteiger partial charge is 0.343 e. The number of halogens is 2. The molecule has 0 aliphatic carbocycles. The number of amides is 1. The molecule has 7 nitrogen and oxygen atoms in total. The number of hydrogen-bond donors (Lipinski definition) is 2. The van der Waals surface area contributed by atoms with Crippen LogP contribution in [0.15, 0.2) is 94.5 Å². The quantitative estimate of drug-likeness (QED) is 0.0855. The molecule has 0 saturated carbocycles. The van der Waals surface area contributed by atoms with Crippen LogP contribution in [0.5, 0.6) is 11.5 Å². The third-order valence-corrected chi connectivity index (χ3v) is 7.12. The fourth-order valence-electron chi connectivity index (χ4n) is 4.29. The van der Waals surface area contributed by atoms with E-state index in [9.17, 15) is 9.59 Å². The van der Waals surface area contributed by atoms with Gasteiger partial charge in [-0.1, -0.05) is 63.9 Å². The zero-order valence-corrected chi connectivity index (χ0v) is 23.8. The Morgan fingerprint density at radius 3 is 2.50 bits per heavy atom. The molecule has 1 amide bonds. The SMILES string of the molecule is COc1cc(C=NNC(=O)c2[nH]c3c(C)cccc3c2-c2ccccc2Cl)ccc1OC(=O)c1ccc(Br)cc1. The first kappa shape index (κ1) is 27.2. The second-order valence-corrected chi connectivity index (χ2v) is 10.2. The van der Waals surface area contributed by atoms with Gasteiger partial charge in [0.25, 0.3) is 5.91 Å². The Morgan fingerprint density at radius 2 is 1.75 bits per heavy atom. The molecule has 2 N–H and O–H groups in total. The minimum Gasteiger partial charge on any atom is -0.493 e. The van der Waals surface area contributed by atoms with Crippen molar-refractivity contribution in [1.82, 2.24) is 10.4 Å². The number of rotatable bonds is 7. The molecule has 4 aromatic carbocycles. The van der Waals surface area contributed by atoms with Crippen LogP contribution in [-0.4, -0.2) is 30.2 Å². The summed E-state index contributed by atoms with van der Waals surface area (Å²) in [4.78, 5) is 29.1. The number of aryl methyl sites for hydroxylation is 1. The summed E-state index contributed by atoms with van der Waals surface area (Å²) in [5, 5.41) is 5.57. The summed E-state index contributed by atoms with van der Waals surface area (Å²) >= 11 is 9.86. The van der Waals surface area contributed by atoms with Crippen LogP contribution in [0.1, 0.15) is 32.0 Å². The summed E-state index contributed by atoms with van der Waals surface area (Å²) in [6, 6.07) is 25.1. The van der Waals surface area contributed by atoms with Gasteiger partial charge in [-0.05, 0) is 66.6 Å². The number of hydrogen-bond acceptors (Lipinski definition) is 5. The minimum atomic E-state index is -0.512. The number of H-pyrrole nitrogens is 1. The van der Waals surface area contributed by atoms with E-state index in [0.717, 1.165) is 26.5 Å². The summed E-state index contributed by atoms with van der Waals surface area (Å²) < 4.78 is 11.8. The van der Waals surface area contributed by atoms with Gasteiger partial charge < -0.3 is 14.5 Å². The van der Waals surface area contributed by atoms with E-state index in [4.69, 9.17) is 21.1 Å². The number of methoxy groups -OCH3 is 1. The molecular formula is C31H23BrClN3O4. The second-order valence-electron chi connectivity index (χ2n) is 8.86. The largest absolute Gasteiger partial charge is 0.493 e. The Hall–Kier alpha value is -4.40. The molecule has 1 heterocycles. The van der Waals surface area contributed by atoms with Crippen molar-refractivity contribution in [2.24, 2.45) is 5.10 Å². The van der Waals surface area contributed by atoms with Crippen molar-refractivity contribution in [2.75, 3.05) is 7.11 Å². The molecule has 40 heavy (non-hydrogen) atoms. The summed E-state index contributed by atoms with van der Waals surface area (Å²) in [6.45, 7) is 1.97. The molecule has 0 saturated heterocycles. The molecule has 9 heteroatoms. The number of hydrazone groups is 1. The molecule has 0 fully saturated rings. The Kier molecular flexibility index (Phi) is 8.00. The van der Waals surface area contributed by atoms with Crippen LogP contribution >= 0.6 is 27.5 Å². The Balaban J connectivity index is 1.37. The molecule has 200 valence electrons. The monoisotopic (exact) mass is 615 g/mol. The first-order valence-electron chi connectivity index (χ1n) is 12.2. The fraction of sp³-hybridized carbons (Fsp3) is 0.0645. The van der Waals surface area contributed by atoms with E-state index >= 15 is 0 Å². The highest BCUT2D eigenvalue weighted by Crippen LogP contribution is 2.37. The van der Waals surface area contributed by atoms with Crippen molar-refractivity contribution in [3.05, 3.63) is 117 Å². The van der Waals surface area contributed by atoms with Gasteiger partial charge in [-0.2, -0.15) is 5.10 Å². The predicted molar refractivity (Wildman–Crippen MR) is 161 cm³/mol. The molecule has 5 aromatic rings. The van der Waals surface area contributed by atoms with Gasteiger partial charge in [-0.15, -0.1) is 0 Å². The molecule has 0 aliphatic heterocycles. The van der Waals surface area contributed by atoms with Crippen LogP contribution in [-0.2, 0) is 0 Å². The van der Waals surface area contributed by atoms with Gasteiger partial charge in [0.05, 0.1) is 18.9 Å². The number of benzene rings is 4. The maximum absolute atomic E-state index is 13.3. The Bertz CT molecular complexity index is 1760. The molecule has 0 radical (unpaired) electrons. The average Bonchev–Trinajstić information content (AvgIpc) is 3.35. The molecular weight excluding hydrogens is 594 g/mol. The first-order valence-corrected chi connectivity index (χ1v) is 13.4. The standard InChI is InChI=1S/C31H23BrClN3O4/c1-18-6-5-8-23-27(22-7-3-4-9-24(22)33)29(35-28(18)23)30(37)36-34-17-19-10-15-25(26(16-19)39-2)40-31(38)20-11-13-21(32)14-12-20/h3-17,35H,1-2H3,(H,36,37). The van der Waals surface area contributed by atoms with E-state index in [-0.39, 0.29) is 5.75 Å². The molecule has 0 aliphatic rings. The number of ether oxygens (including phenoxy) is 2. The highest BCUT2D eigenvalue weighted by atomic mass is 79.9. The average molecular weight is 617 g/mol. The normalized spacial score (nSPS) is 11.1. The van der Waals surface area contributed by atoms with Gasteiger partial charge in [-0.25, -0.2) is 10.2 Å². The fourth-order valence-corrected chi connectivity index (χ4v) is 4.79. The van der Waals surface area contributed by atoms with Gasteiger partial charge in [0.2, 0.25) is 0 Å². The zero-order chi connectivity index (χ0) is 28.2. The highest BCUT2D eigenvalue weighted by molar-refractivity contribution is 9.10. The van der Waals surface area contributed by atoms with Crippen LogP contribution in [0.25, 0.3) is 22.0 Å². The Morgan fingerprint density at radius 1 is 0.975 bits per heavy atom. The second kappa shape index (κ2) is 11.8. The van der Waals surface area contributed by atoms with E-state index < -0.39 is 11.9 Å². The summed E-state index contributed by atoms with van der Waals surface area (Å²) in [5.74, 6) is -0.335. The number of aromatic nitrogens is 1. The lowest BCUT2D eigenvalue weighted by atomic mass is 10.0. The maximum atomic E-state index is 13.3. The predicted octanol–water partition coefficient (Wildman–Crippen LogP) is 7.55. The number of aromatic amines is 1. The summed E-state index contributed by atoms with van der Waals surface area (Å²) in [6.07, 6.45) is 1.48. The van der Waals surface area contributed by atoms with Gasteiger partial charge in [0.15, 0.2) is 11.5 Å². The van der Waals surface area contributed by atoms with Gasteiger partial charge in [-0.3, -0.25) is 4.79 Å². The molecule has 0 atom stereocenters. The van der Waals surface area contributed by atoms with E-state index in [1.165, 1.54) is 13.3 Å². The topological polar surface area (TPSA) is 92.8 Å². The maximum Gasteiger partial charge on any atom is 0.343 e. The van der Waals surface area contributed by atoms with Crippen LogP contribution in [0.3, 0.4) is 0 Å². The lowest BCUT2D eigenvalue weighted by Crippen LogP contribution is -2.19. The van der Waals surface area contributed by atoms with Crippen LogP contribution in [0.4, 0.5) is 0 Å². The van der Waals surface area contributed by atoms with Gasteiger partial charge >= 0.3 is 5.97 Å². The van der Waals surface area contributed by atoms with Crippen molar-refractivity contribution in [3.63, 3.8) is 0 Å². The molecule has 1 aromatic heterocycles. The van der Waals surface area contributed by atoms with Crippen molar-refractivity contribution in [3.8, 4) is 22.6 Å². The number of fused-ring (bicyclic) bond motifs is 1. The molecule has 0 unspecified atom stereocenters. The molecule has 0 spiro atoms. The van der Waals surface area contributed by atoms with Crippen molar-refractivity contribution >= 4 is 56.5 Å². The van der Waals surface area contributed by atoms with Crippen LogP contribution in [0.2, 0.25) is 5.02 Å².